The number of ether oxygens (including phenoxy) is 1. The van der Waals surface area contributed by atoms with Crippen LogP contribution in [0.3, 0.4) is 0 Å². The minimum atomic E-state index is -2.98. The van der Waals surface area contributed by atoms with E-state index in [0.717, 1.165) is 25.3 Å². The molecule has 0 aliphatic rings. The van der Waals surface area contributed by atoms with Crippen LogP contribution in [0.25, 0.3) is 0 Å². The molecule has 1 unspecified atom stereocenters. The van der Waals surface area contributed by atoms with Crippen molar-refractivity contribution >= 4 is 13.3 Å². The van der Waals surface area contributed by atoms with Gasteiger partial charge in [0.05, 0.1) is 6.61 Å². The maximum Gasteiger partial charge on any atom is 0.330 e. The fraction of sp³-hybridized carbons (Fsp3) is 0.800. The van der Waals surface area contributed by atoms with Crippen molar-refractivity contribution in [2.45, 2.75) is 58.3 Å². The van der Waals surface area contributed by atoms with Gasteiger partial charge >= 0.3 is 5.97 Å². The Labute approximate surface area is 123 Å². The Morgan fingerprint density at radius 2 is 1.65 bits per heavy atom. The van der Waals surface area contributed by atoms with Crippen molar-refractivity contribution in [3.8, 4) is 0 Å². The third-order valence-electron chi connectivity index (χ3n) is 3.17. The number of hydrogen-bond donors (Lipinski definition) is 1. The van der Waals surface area contributed by atoms with Gasteiger partial charge in [0.2, 0.25) is 7.37 Å². The first kappa shape index (κ1) is 19.4. The van der Waals surface area contributed by atoms with E-state index >= 15 is 0 Å². The van der Waals surface area contributed by atoms with E-state index in [-0.39, 0.29) is 0 Å². The molecule has 4 nitrogen and oxygen atoms in total. The summed E-state index contributed by atoms with van der Waals surface area (Å²) in [6, 6.07) is 0. The summed E-state index contributed by atoms with van der Waals surface area (Å²) in [6.07, 6.45) is 9.84. The van der Waals surface area contributed by atoms with Gasteiger partial charge in [-0.05, 0) is 19.3 Å². The van der Waals surface area contributed by atoms with E-state index in [0.29, 0.717) is 31.8 Å². The Balaban J connectivity index is 3.51. The van der Waals surface area contributed by atoms with Crippen LogP contribution in [0, 0.1) is 0 Å². The minimum Gasteiger partial charge on any atom is -0.463 e. The van der Waals surface area contributed by atoms with Crippen LogP contribution in [0.2, 0.25) is 0 Å². The summed E-state index contributed by atoms with van der Waals surface area (Å²) >= 11 is 0. The lowest BCUT2D eigenvalue weighted by molar-refractivity contribution is -0.137. The Morgan fingerprint density at radius 1 is 1.10 bits per heavy atom. The van der Waals surface area contributed by atoms with Crippen LogP contribution in [-0.2, 0) is 14.1 Å². The molecule has 1 N–H and O–H groups in total. The van der Waals surface area contributed by atoms with Gasteiger partial charge in [0.15, 0.2) is 0 Å². The Hall–Kier alpha value is -0.600. The van der Waals surface area contributed by atoms with Gasteiger partial charge in [0, 0.05) is 18.4 Å². The van der Waals surface area contributed by atoms with Gasteiger partial charge in [-0.15, -0.1) is 0 Å². The summed E-state index contributed by atoms with van der Waals surface area (Å²) in [5, 5.41) is 0. The first-order valence-corrected chi connectivity index (χ1v) is 9.65. The zero-order chi connectivity index (χ0) is 15.3. The van der Waals surface area contributed by atoms with Crippen molar-refractivity contribution in [3.63, 3.8) is 0 Å². The lowest BCUT2D eigenvalue weighted by Crippen LogP contribution is -2.03. The number of carbonyl (C=O) groups excluding carboxylic acids is 1. The molecule has 0 heterocycles. The molecule has 0 aliphatic heterocycles. The van der Waals surface area contributed by atoms with Crippen LogP contribution in [0.5, 0.6) is 0 Å². The second-order valence-corrected chi connectivity index (χ2v) is 7.73. The molecule has 0 aromatic heterocycles. The van der Waals surface area contributed by atoms with E-state index in [2.05, 4.69) is 13.5 Å². The van der Waals surface area contributed by atoms with Gasteiger partial charge in [-0.25, -0.2) is 4.79 Å². The normalized spacial score (nSPS) is 13.7. The monoisotopic (exact) mass is 304 g/mol. The molecule has 0 saturated carbocycles. The van der Waals surface area contributed by atoms with Crippen molar-refractivity contribution in [1.82, 2.24) is 0 Å². The van der Waals surface area contributed by atoms with Gasteiger partial charge in [0.1, 0.15) is 0 Å². The van der Waals surface area contributed by atoms with Gasteiger partial charge in [-0.3, -0.25) is 4.57 Å². The lowest BCUT2D eigenvalue weighted by Gasteiger charge is -2.11. The average molecular weight is 304 g/mol. The highest BCUT2D eigenvalue weighted by Crippen LogP contribution is 2.42. The Kier molecular flexibility index (Phi) is 11.8. The molecular formula is C15H29O4P. The molecule has 1 atom stereocenters. The molecule has 20 heavy (non-hydrogen) atoms. The lowest BCUT2D eigenvalue weighted by atomic mass is 10.1. The van der Waals surface area contributed by atoms with E-state index in [9.17, 15) is 14.3 Å². The van der Waals surface area contributed by atoms with Gasteiger partial charge in [0.25, 0.3) is 0 Å². The summed E-state index contributed by atoms with van der Waals surface area (Å²) in [5.74, 6) is -0.440. The predicted molar refractivity (Wildman–Crippen MR) is 83.3 cm³/mol. The highest BCUT2D eigenvalue weighted by Gasteiger charge is 2.16. The van der Waals surface area contributed by atoms with Crippen LogP contribution < -0.4 is 0 Å². The standard InChI is InChI=1S/C15H29O4P/c1-3-5-6-7-8-10-13-20(17,18)14-11-9-12-19-15(16)4-2/h4H,2-3,5-14H2,1H3,(H,17,18). The molecule has 0 fully saturated rings. The highest BCUT2D eigenvalue weighted by atomic mass is 31.2. The highest BCUT2D eigenvalue weighted by molar-refractivity contribution is 7.57. The first-order valence-electron chi connectivity index (χ1n) is 7.62. The molecule has 5 heteroatoms. The number of carbonyl (C=O) groups is 1. The van der Waals surface area contributed by atoms with E-state index in [1.807, 2.05) is 0 Å². The van der Waals surface area contributed by atoms with Gasteiger partial charge < -0.3 is 9.63 Å². The Morgan fingerprint density at radius 3 is 2.25 bits per heavy atom. The molecule has 0 aromatic rings. The number of esters is 1. The molecule has 0 aliphatic carbocycles. The van der Waals surface area contributed by atoms with E-state index in [1.54, 1.807) is 0 Å². The third-order valence-corrected chi connectivity index (χ3v) is 5.20. The summed E-state index contributed by atoms with van der Waals surface area (Å²) in [4.78, 5) is 20.6. The zero-order valence-corrected chi connectivity index (χ0v) is 13.6. The van der Waals surface area contributed by atoms with Crippen molar-refractivity contribution in [3.05, 3.63) is 12.7 Å². The van der Waals surface area contributed by atoms with Crippen molar-refractivity contribution in [1.29, 1.82) is 0 Å². The quantitative estimate of drug-likeness (QED) is 0.240. The molecule has 0 radical (unpaired) electrons. The summed E-state index contributed by atoms with van der Waals surface area (Å²) in [6.45, 7) is 5.77. The maximum absolute atomic E-state index is 11.9. The van der Waals surface area contributed by atoms with E-state index in [4.69, 9.17) is 4.74 Å². The van der Waals surface area contributed by atoms with Gasteiger partial charge in [-0.2, -0.15) is 0 Å². The largest absolute Gasteiger partial charge is 0.463 e. The smallest absolute Gasteiger partial charge is 0.330 e. The topological polar surface area (TPSA) is 63.6 Å². The summed E-state index contributed by atoms with van der Waals surface area (Å²) in [7, 11) is -2.98. The van der Waals surface area contributed by atoms with E-state index < -0.39 is 13.3 Å². The second-order valence-electron chi connectivity index (χ2n) is 5.14. The van der Waals surface area contributed by atoms with Crippen molar-refractivity contribution in [2.24, 2.45) is 0 Å². The number of unbranched alkanes of at least 4 members (excludes halogenated alkanes) is 6. The van der Waals surface area contributed by atoms with Crippen LogP contribution in [0.1, 0.15) is 58.3 Å². The first-order chi connectivity index (χ1) is 9.52. The SMILES string of the molecule is C=CC(=O)OCCCCP(=O)(O)CCCCCCCC. The van der Waals surface area contributed by atoms with Crippen LogP contribution >= 0.6 is 7.37 Å². The van der Waals surface area contributed by atoms with Crippen molar-refractivity contribution < 1.29 is 19.0 Å². The molecular weight excluding hydrogens is 275 g/mol. The zero-order valence-electron chi connectivity index (χ0n) is 12.7. The molecule has 118 valence electrons. The molecule has 0 saturated heterocycles. The van der Waals surface area contributed by atoms with Gasteiger partial charge in [-0.1, -0.05) is 45.6 Å². The molecule has 0 bridgehead atoms. The minimum absolute atomic E-state index is 0.294. The Bertz CT molecular complexity index is 315. The molecule has 0 spiro atoms. The summed E-state index contributed by atoms with van der Waals surface area (Å²) < 4.78 is 16.7. The molecule has 0 rings (SSSR count). The number of rotatable bonds is 13. The fourth-order valence-electron chi connectivity index (χ4n) is 1.94. The molecule has 0 amide bonds. The van der Waals surface area contributed by atoms with Crippen molar-refractivity contribution in [2.75, 3.05) is 18.9 Å². The van der Waals surface area contributed by atoms with Crippen LogP contribution in [0.4, 0.5) is 0 Å². The molecule has 0 aromatic carbocycles. The van der Waals surface area contributed by atoms with Crippen LogP contribution in [0.15, 0.2) is 12.7 Å². The third kappa shape index (κ3) is 12.4. The predicted octanol–water partition coefficient (Wildman–Crippen LogP) is 4.13. The average Bonchev–Trinajstić information content (AvgIpc) is 2.41. The second kappa shape index (κ2) is 12.2. The summed E-state index contributed by atoms with van der Waals surface area (Å²) in [5.41, 5.74) is 0. The number of hydrogen-bond acceptors (Lipinski definition) is 3. The van der Waals surface area contributed by atoms with Crippen LogP contribution in [-0.4, -0.2) is 29.8 Å². The fourth-order valence-corrected chi connectivity index (χ4v) is 3.60. The maximum atomic E-state index is 11.9. The van der Waals surface area contributed by atoms with E-state index in [1.165, 1.54) is 19.3 Å².